The Labute approximate surface area is 195 Å². The molecule has 172 valence electrons. The normalized spacial score (nSPS) is 11.7. The van der Waals surface area contributed by atoms with Crippen molar-refractivity contribution in [3.8, 4) is 5.69 Å². The van der Waals surface area contributed by atoms with Crippen LogP contribution in [0.2, 0.25) is 0 Å². The number of hydrogen-bond acceptors (Lipinski definition) is 4. The lowest BCUT2D eigenvalue weighted by Gasteiger charge is -2.16. The monoisotopic (exact) mass is 458 g/mol. The zero-order chi connectivity index (χ0) is 24.2. The highest BCUT2D eigenvalue weighted by Crippen LogP contribution is 2.12. The number of halogens is 1. The van der Waals surface area contributed by atoms with Crippen LogP contribution >= 0.6 is 0 Å². The SMILES string of the molecule is Cc1cccc(-n2nc(C(=O)N[C@@H](C)c3ccccc3)c(=O)n(Cc3ccc(F)cc3)c2=O)c1. The maximum absolute atomic E-state index is 13.3. The second-order valence-electron chi connectivity index (χ2n) is 8.01. The lowest BCUT2D eigenvalue weighted by atomic mass is 10.1. The minimum atomic E-state index is -0.823. The zero-order valence-electron chi connectivity index (χ0n) is 18.7. The Morgan fingerprint density at radius 2 is 1.71 bits per heavy atom. The summed E-state index contributed by atoms with van der Waals surface area (Å²) in [6.45, 7) is 3.51. The molecule has 0 spiro atoms. The van der Waals surface area contributed by atoms with Crippen LogP contribution in [0.5, 0.6) is 0 Å². The van der Waals surface area contributed by atoms with E-state index >= 15 is 0 Å². The van der Waals surface area contributed by atoms with E-state index in [1.54, 1.807) is 25.1 Å². The topological polar surface area (TPSA) is 86.0 Å². The zero-order valence-corrected chi connectivity index (χ0v) is 18.7. The van der Waals surface area contributed by atoms with Crippen molar-refractivity contribution in [2.24, 2.45) is 0 Å². The van der Waals surface area contributed by atoms with E-state index in [2.05, 4.69) is 10.4 Å². The maximum Gasteiger partial charge on any atom is 0.352 e. The van der Waals surface area contributed by atoms with Gasteiger partial charge < -0.3 is 5.32 Å². The lowest BCUT2D eigenvalue weighted by molar-refractivity contribution is 0.0930. The predicted molar refractivity (Wildman–Crippen MR) is 127 cm³/mol. The number of nitrogens with one attached hydrogen (secondary N) is 1. The molecule has 8 heteroatoms. The number of aryl methyl sites for hydroxylation is 1. The summed E-state index contributed by atoms with van der Waals surface area (Å²) < 4.78 is 15.3. The van der Waals surface area contributed by atoms with E-state index in [0.717, 1.165) is 20.4 Å². The van der Waals surface area contributed by atoms with Crippen molar-refractivity contribution in [3.05, 3.63) is 128 Å². The third kappa shape index (κ3) is 4.85. The Hall–Kier alpha value is -4.33. The van der Waals surface area contributed by atoms with Crippen LogP contribution in [0.25, 0.3) is 5.69 Å². The number of nitrogens with zero attached hydrogens (tertiary/aromatic N) is 3. The highest BCUT2D eigenvalue weighted by molar-refractivity contribution is 5.92. The largest absolute Gasteiger partial charge is 0.352 e. The van der Waals surface area contributed by atoms with Gasteiger partial charge in [-0.3, -0.25) is 14.2 Å². The molecule has 1 aromatic heterocycles. The second-order valence-corrected chi connectivity index (χ2v) is 8.01. The van der Waals surface area contributed by atoms with Crippen molar-refractivity contribution < 1.29 is 9.18 Å². The second kappa shape index (κ2) is 9.66. The van der Waals surface area contributed by atoms with E-state index in [1.807, 2.05) is 43.3 Å². The van der Waals surface area contributed by atoms with Crippen LogP contribution in [-0.4, -0.2) is 20.3 Å². The first-order chi connectivity index (χ1) is 16.3. The van der Waals surface area contributed by atoms with Gasteiger partial charge >= 0.3 is 5.69 Å². The molecule has 4 rings (SSSR count). The van der Waals surface area contributed by atoms with E-state index in [9.17, 15) is 18.8 Å². The number of amides is 1. The van der Waals surface area contributed by atoms with E-state index < -0.39 is 28.7 Å². The maximum atomic E-state index is 13.3. The molecule has 4 aromatic rings. The Morgan fingerprint density at radius 1 is 1.00 bits per heavy atom. The molecule has 34 heavy (non-hydrogen) atoms. The van der Waals surface area contributed by atoms with E-state index in [0.29, 0.717) is 11.3 Å². The van der Waals surface area contributed by atoms with E-state index in [1.165, 1.54) is 24.3 Å². The fourth-order valence-corrected chi connectivity index (χ4v) is 3.59. The average molecular weight is 458 g/mol. The first-order valence-electron chi connectivity index (χ1n) is 10.7. The Morgan fingerprint density at radius 3 is 2.38 bits per heavy atom. The number of aromatic nitrogens is 3. The summed E-state index contributed by atoms with van der Waals surface area (Å²) in [5, 5.41) is 6.93. The smallest absolute Gasteiger partial charge is 0.344 e. The van der Waals surface area contributed by atoms with E-state index in [4.69, 9.17) is 0 Å². The molecular weight excluding hydrogens is 435 g/mol. The third-order valence-electron chi connectivity index (χ3n) is 5.42. The minimum absolute atomic E-state index is 0.138. The molecule has 0 aliphatic heterocycles. The summed E-state index contributed by atoms with van der Waals surface area (Å²) in [6.07, 6.45) is 0. The van der Waals surface area contributed by atoms with Crippen molar-refractivity contribution in [3.63, 3.8) is 0 Å². The van der Waals surface area contributed by atoms with Crippen molar-refractivity contribution in [1.82, 2.24) is 19.7 Å². The molecule has 0 radical (unpaired) electrons. The first kappa shape index (κ1) is 22.8. The minimum Gasteiger partial charge on any atom is -0.344 e. The van der Waals surface area contributed by atoms with Gasteiger partial charge in [0.05, 0.1) is 18.3 Å². The molecule has 1 amide bonds. The lowest BCUT2D eigenvalue weighted by Crippen LogP contribution is -2.46. The van der Waals surface area contributed by atoms with Gasteiger partial charge in [-0.15, -0.1) is 0 Å². The average Bonchev–Trinajstić information content (AvgIpc) is 2.83. The highest BCUT2D eigenvalue weighted by atomic mass is 19.1. The van der Waals surface area contributed by atoms with Crippen LogP contribution in [0.4, 0.5) is 4.39 Å². The Bertz CT molecular complexity index is 1440. The molecule has 7 nitrogen and oxygen atoms in total. The van der Waals surface area contributed by atoms with Gasteiger partial charge in [-0.1, -0.05) is 54.6 Å². The molecule has 1 atom stereocenters. The summed E-state index contributed by atoms with van der Waals surface area (Å²) in [4.78, 5) is 39.6. The number of carbonyl (C=O) groups is 1. The molecule has 0 fully saturated rings. The molecular formula is C26H23FN4O3. The Kier molecular flexibility index (Phi) is 6.49. The third-order valence-corrected chi connectivity index (χ3v) is 5.42. The van der Waals surface area contributed by atoms with Crippen LogP contribution < -0.4 is 16.6 Å². The number of hydrogen-bond donors (Lipinski definition) is 1. The molecule has 0 bridgehead atoms. The van der Waals surface area contributed by atoms with Crippen molar-refractivity contribution >= 4 is 5.91 Å². The summed E-state index contributed by atoms with van der Waals surface area (Å²) >= 11 is 0. The summed E-state index contributed by atoms with van der Waals surface area (Å²) in [5.74, 6) is -1.13. The standard InChI is InChI=1S/C26H23FN4O3/c1-17-7-6-10-22(15-17)31-26(34)30(16-19-11-13-21(27)14-12-19)25(33)23(29-31)24(32)28-18(2)20-8-4-3-5-9-20/h3-15,18H,16H2,1-2H3,(H,28,32)/t18-/m0/s1. The van der Waals surface area contributed by atoms with Crippen LogP contribution in [0.15, 0.2) is 88.5 Å². The molecule has 0 saturated carbocycles. The van der Waals surface area contributed by atoms with Gasteiger partial charge in [0.1, 0.15) is 5.82 Å². The molecule has 0 aliphatic rings. The summed E-state index contributed by atoms with van der Waals surface area (Å²) in [5.41, 5.74) is 0.755. The number of rotatable bonds is 6. The quantitative estimate of drug-likeness (QED) is 0.480. The van der Waals surface area contributed by atoms with Crippen molar-refractivity contribution in [2.75, 3.05) is 0 Å². The van der Waals surface area contributed by atoms with Crippen LogP contribution in [0, 0.1) is 12.7 Å². The highest BCUT2D eigenvalue weighted by Gasteiger charge is 2.22. The van der Waals surface area contributed by atoms with Gasteiger partial charge in [-0.2, -0.15) is 9.78 Å². The van der Waals surface area contributed by atoms with Crippen molar-refractivity contribution in [2.45, 2.75) is 26.4 Å². The fourth-order valence-electron chi connectivity index (χ4n) is 3.59. The fraction of sp³-hybridized carbons (Fsp3) is 0.154. The van der Waals surface area contributed by atoms with Gasteiger partial charge in [-0.05, 0) is 54.8 Å². The van der Waals surface area contributed by atoms with Gasteiger partial charge in [0.2, 0.25) is 5.69 Å². The first-order valence-corrected chi connectivity index (χ1v) is 10.7. The van der Waals surface area contributed by atoms with Crippen LogP contribution in [-0.2, 0) is 6.54 Å². The molecule has 0 unspecified atom stereocenters. The van der Waals surface area contributed by atoms with Gasteiger partial charge in [-0.25, -0.2) is 9.18 Å². The van der Waals surface area contributed by atoms with Gasteiger partial charge in [0, 0.05) is 0 Å². The number of benzene rings is 3. The van der Waals surface area contributed by atoms with Crippen molar-refractivity contribution in [1.29, 1.82) is 0 Å². The predicted octanol–water partition coefficient (Wildman–Crippen LogP) is 3.38. The number of carbonyl (C=O) groups excluding carboxylic acids is 1. The molecule has 1 N–H and O–H groups in total. The molecule has 3 aromatic carbocycles. The van der Waals surface area contributed by atoms with Crippen LogP contribution in [0.1, 0.15) is 40.1 Å². The van der Waals surface area contributed by atoms with E-state index in [-0.39, 0.29) is 12.6 Å². The molecule has 0 saturated heterocycles. The van der Waals surface area contributed by atoms with Crippen LogP contribution in [0.3, 0.4) is 0 Å². The summed E-state index contributed by atoms with van der Waals surface area (Å²) in [6, 6.07) is 21.4. The van der Waals surface area contributed by atoms with Gasteiger partial charge in [0.15, 0.2) is 0 Å². The molecule has 0 aliphatic carbocycles. The Balaban J connectivity index is 1.81. The summed E-state index contributed by atoms with van der Waals surface area (Å²) in [7, 11) is 0. The molecule has 1 heterocycles. The van der Waals surface area contributed by atoms with Gasteiger partial charge in [0.25, 0.3) is 11.5 Å².